The van der Waals surface area contributed by atoms with Gasteiger partial charge in [0.15, 0.2) is 0 Å². The van der Waals surface area contributed by atoms with Gasteiger partial charge in [0.25, 0.3) is 11.8 Å². The molecule has 1 saturated heterocycles. The first-order chi connectivity index (χ1) is 17.8. The van der Waals surface area contributed by atoms with Crippen LogP contribution in [0.5, 0.6) is 0 Å². The van der Waals surface area contributed by atoms with E-state index in [0.29, 0.717) is 56.7 Å². The van der Waals surface area contributed by atoms with Crippen molar-refractivity contribution < 1.29 is 47.9 Å². The molecule has 0 aliphatic carbocycles. The molecule has 0 aromatic carbocycles. The molecule has 0 unspecified atom stereocenters. The average Bonchev–Trinajstić information content (AvgIpc) is 3.16. The first-order valence-electron chi connectivity index (χ1n) is 12.8. The molecule has 1 aliphatic heterocycles. The van der Waals surface area contributed by atoms with Gasteiger partial charge in [-0.15, -0.1) is 5.06 Å². The second kappa shape index (κ2) is 18.5. The maximum absolute atomic E-state index is 11.8. The van der Waals surface area contributed by atoms with Gasteiger partial charge < -0.3 is 23.9 Å². The molecule has 0 bridgehead atoms. The molecule has 38 heavy (non-hydrogen) atoms. The highest BCUT2D eigenvalue weighted by Crippen LogP contribution is 2.22. The number of unbranched alkanes of at least 4 members (excludes halogenated alkanes) is 1. The SMILES string of the molecule is CC(C)(CCCC(=O)ON1C(=O)CCC1=O)OCCC(C)(C)OCCCC=O.CON(C)C(=O)CCC=O. The monoisotopic (exact) mass is 544 g/mol. The molecule has 3 amide bonds. The lowest BCUT2D eigenvalue weighted by Crippen LogP contribution is -2.32. The zero-order valence-electron chi connectivity index (χ0n) is 23.6. The van der Waals surface area contributed by atoms with Crippen LogP contribution in [0.3, 0.4) is 0 Å². The Hall–Kier alpha value is -2.70. The predicted molar refractivity (Wildman–Crippen MR) is 136 cm³/mol. The van der Waals surface area contributed by atoms with Gasteiger partial charge in [0, 0.05) is 52.2 Å². The Kier molecular flexibility index (Phi) is 17.2. The molecule has 12 heteroatoms. The summed E-state index contributed by atoms with van der Waals surface area (Å²) in [4.78, 5) is 75.0. The molecule has 0 atom stereocenters. The summed E-state index contributed by atoms with van der Waals surface area (Å²) >= 11 is 0. The summed E-state index contributed by atoms with van der Waals surface area (Å²) in [5.74, 6) is -1.73. The van der Waals surface area contributed by atoms with Crippen LogP contribution < -0.4 is 0 Å². The minimum atomic E-state index is -0.593. The van der Waals surface area contributed by atoms with Crippen molar-refractivity contribution in [1.29, 1.82) is 0 Å². The van der Waals surface area contributed by atoms with Crippen molar-refractivity contribution in [2.24, 2.45) is 0 Å². The summed E-state index contributed by atoms with van der Waals surface area (Å²) in [5.41, 5.74) is -0.759. The van der Waals surface area contributed by atoms with Crippen LogP contribution >= 0.6 is 0 Å². The molecule has 1 fully saturated rings. The number of nitrogens with zero attached hydrogens (tertiary/aromatic N) is 2. The summed E-state index contributed by atoms with van der Waals surface area (Å²) in [5, 5.41) is 1.67. The molecule has 1 heterocycles. The van der Waals surface area contributed by atoms with Crippen LogP contribution in [0.4, 0.5) is 0 Å². The fraction of sp³-hybridized carbons (Fsp3) is 0.769. The number of amides is 3. The van der Waals surface area contributed by atoms with Crippen LogP contribution in [0.25, 0.3) is 0 Å². The minimum absolute atomic E-state index is 0.0874. The van der Waals surface area contributed by atoms with E-state index in [0.717, 1.165) is 11.3 Å². The molecule has 1 aliphatic rings. The Morgan fingerprint density at radius 3 is 1.97 bits per heavy atom. The van der Waals surface area contributed by atoms with Gasteiger partial charge >= 0.3 is 5.97 Å². The molecule has 0 N–H and O–H groups in total. The zero-order chi connectivity index (χ0) is 29.2. The van der Waals surface area contributed by atoms with Crippen molar-refractivity contribution >= 4 is 36.3 Å². The molecule has 0 spiro atoms. The van der Waals surface area contributed by atoms with Crippen molar-refractivity contribution in [2.75, 3.05) is 27.4 Å². The van der Waals surface area contributed by atoms with E-state index in [4.69, 9.17) is 14.3 Å². The second-order valence-electron chi connectivity index (χ2n) is 9.95. The minimum Gasteiger partial charge on any atom is -0.375 e. The van der Waals surface area contributed by atoms with Gasteiger partial charge in [-0.3, -0.25) is 19.2 Å². The number of hydrogen-bond donors (Lipinski definition) is 0. The Morgan fingerprint density at radius 2 is 1.42 bits per heavy atom. The smallest absolute Gasteiger partial charge is 0.333 e. The van der Waals surface area contributed by atoms with Crippen LogP contribution in [0, 0.1) is 0 Å². The van der Waals surface area contributed by atoms with Crippen LogP contribution in [-0.4, -0.2) is 85.0 Å². The van der Waals surface area contributed by atoms with Crippen LogP contribution in [0.15, 0.2) is 0 Å². The van der Waals surface area contributed by atoms with Gasteiger partial charge in [0.2, 0.25) is 5.91 Å². The average molecular weight is 545 g/mol. The standard InChI is InChI=1S/C20H33NO7.C6H11NO3/c1-19(2,27-15-12-20(3,4)26-14-6-5-13-22)11-7-8-18(25)28-21-16(23)9-10-17(21)24;1-7(10-2)6(9)4-3-5-8/h13H,5-12,14-15H2,1-4H3;5H,3-4H2,1-2H3. The largest absolute Gasteiger partial charge is 0.375 e. The number of hydrogen-bond acceptors (Lipinski definition) is 10. The fourth-order valence-corrected chi connectivity index (χ4v) is 3.14. The number of carbonyl (C=O) groups excluding carboxylic acids is 6. The third kappa shape index (κ3) is 16.2. The van der Waals surface area contributed by atoms with Crippen molar-refractivity contribution in [3.63, 3.8) is 0 Å². The lowest BCUT2D eigenvalue weighted by Gasteiger charge is -2.29. The number of imide groups is 1. The normalized spacial score (nSPS) is 13.6. The predicted octanol–water partition coefficient (Wildman–Crippen LogP) is 2.71. The number of rotatable bonds is 18. The van der Waals surface area contributed by atoms with Gasteiger partial charge in [0.05, 0.1) is 24.9 Å². The molecule has 218 valence electrons. The van der Waals surface area contributed by atoms with Gasteiger partial charge in [-0.2, -0.15) is 0 Å². The quantitative estimate of drug-likeness (QED) is 0.109. The van der Waals surface area contributed by atoms with Gasteiger partial charge in [-0.1, -0.05) is 0 Å². The zero-order valence-corrected chi connectivity index (χ0v) is 23.6. The second-order valence-corrected chi connectivity index (χ2v) is 9.95. The van der Waals surface area contributed by atoms with E-state index >= 15 is 0 Å². The van der Waals surface area contributed by atoms with Crippen molar-refractivity contribution in [3.05, 3.63) is 0 Å². The Bertz CT molecular complexity index is 766. The highest BCUT2D eigenvalue weighted by molar-refractivity contribution is 6.01. The van der Waals surface area contributed by atoms with Crippen LogP contribution in [-0.2, 0) is 47.9 Å². The summed E-state index contributed by atoms with van der Waals surface area (Å²) in [6.07, 6.45) is 5.42. The van der Waals surface area contributed by atoms with Crippen molar-refractivity contribution in [1.82, 2.24) is 10.1 Å². The van der Waals surface area contributed by atoms with Crippen molar-refractivity contribution in [2.45, 2.75) is 103 Å². The highest BCUT2D eigenvalue weighted by Gasteiger charge is 2.33. The maximum atomic E-state index is 11.8. The number of hydroxylamine groups is 4. The fourth-order valence-electron chi connectivity index (χ4n) is 3.14. The lowest BCUT2D eigenvalue weighted by molar-refractivity contribution is -0.197. The molecule has 0 saturated carbocycles. The third-order valence-electron chi connectivity index (χ3n) is 5.62. The molecule has 0 aromatic rings. The van der Waals surface area contributed by atoms with Gasteiger partial charge in [-0.05, 0) is 53.4 Å². The summed E-state index contributed by atoms with van der Waals surface area (Å²) in [7, 11) is 2.91. The van der Waals surface area contributed by atoms with Crippen LogP contribution in [0.1, 0.15) is 91.9 Å². The molecule has 12 nitrogen and oxygen atoms in total. The van der Waals surface area contributed by atoms with E-state index in [2.05, 4.69) is 4.84 Å². The lowest BCUT2D eigenvalue weighted by atomic mass is 10.0. The highest BCUT2D eigenvalue weighted by atomic mass is 16.7. The van der Waals surface area contributed by atoms with E-state index in [1.165, 1.54) is 14.2 Å². The Labute approximate surface area is 225 Å². The van der Waals surface area contributed by atoms with E-state index in [9.17, 15) is 28.8 Å². The van der Waals surface area contributed by atoms with E-state index < -0.39 is 23.4 Å². The topological polar surface area (TPSA) is 146 Å². The first kappa shape index (κ1) is 35.3. The summed E-state index contributed by atoms with van der Waals surface area (Å²) in [6.45, 7) is 8.92. The van der Waals surface area contributed by atoms with Gasteiger partial charge in [0.1, 0.15) is 12.6 Å². The van der Waals surface area contributed by atoms with E-state index in [-0.39, 0.29) is 43.6 Å². The van der Waals surface area contributed by atoms with E-state index in [1.807, 2.05) is 27.7 Å². The molecule has 0 aromatic heterocycles. The van der Waals surface area contributed by atoms with Crippen molar-refractivity contribution in [3.8, 4) is 0 Å². The molecule has 0 radical (unpaired) electrons. The Morgan fingerprint density at radius 1 is 0.868 bits per heavy atom. The Balaban J connectivity index is 0.00000115. The summed E-state index contributed by atoms with van der Waals surface area (Å²) in [6, 6.07) is 0. The first-order valence-corrected chi connectivity index (χ1v) is 12.8. The number of aldehydes is 2. The summed E-state index contributed by atoms with van der Waals surface area (Å²) < 4.78 is 11.7. The third-order valence-corrected chi connectivity index (χ3v) is 5.62. The maximum Gasteiger partial charge on any atom is 0.333 e. The molecular formula is C26H44N2O10. The molecule has 1 rings (SSSR count). The van der Waals surface area contributed by atoms with Crippen LogP contribution in [0.2, 0.25) is 0 Å². The van der Waals surface area contributed by atoms with E-state index in [1.54, 1.807) is 0 Å². The molecular weight excluding hydrogens is 500 g/mol. The van der Waals surface area contributed by atoms with Gasteiger partial charge in [-0.25, -0.2) is 9.86 Å². The number of ether oxygens (including phenoxy) is 2. The number of carbonyl (C=O) groups is 6.